The van der Waals surface area contributed by atoms with Crippen LogP contribution in [0.5, 0.6) is 11.5 Å². The van der Waals surface area contributed by atoms with Gasteiger partial charge >= 0.3 is 5.97 Å². The molecule has 0 fully saturated rings. The highest BCUT2D eigenvalue weighted by Gasteiger charge is 2.11. The highest BCUT2D eigenvalue weighted by atomic mass is 35.5. The number of rotatable bonds is 12. The quantitative estimate of drug-likeness (QED) is 0.0674. The Morgan fingerprint density at radius 3 is 1.76 bits per heavy atom. The van der Waals surface area contributed by atoms with Gasteiger partial charge in [-0.25, -0.2) is 4.79 Å². The summed E-state index contributed by atoms with van der Waals surface area (Å²) in [5.41, 5.74) is 3.20. The van der Waals surface area contributed by atoms with Crippen LogP contribution in [0.1, 0.15) is 31.8 Å². The summed E-state index contributed by atoms with van der Waals surface area (Å²) in [7, 11) is 0. The lowest BCUT2D eigenvalue weighted by Gasteiger charge is -2.11. The van der Waals surface area contributed by atoms with Gasteiger partial charge in [0.2, 0.25) is 0 Å². The van der Waals surface area contributed by atoms with E-state index >= 15 is 0 Å². The minimum absolute atomic E-state index is 0.212. The summed E-state index contributed by atoms with van der Waals surface area (Å²) in [5, 5.41) is 13.0. The second kappa shape index (κ2) is 17.8. The summed E-state index contributed by atoms with van der Waals surface area (Å²) in [6.07, 6.45) is 0. The molecule has 46 heavy (non-hydrogen) atoms. The van der Waals surface area contributed by atoms with Crippen LogP contribution >= 0.6 is 35.2 Å². The Morgan fingerprint density at radius 2 is 1.22 bits per heavy atom. The third-order valence-corrected chi connectivity index (χ3v) is 7.30. The number of carbonyl (C=O) groups excluding carboxylic acids is 1. The third kappa shape index (κ3) is 11.1. The molecule has 9 nitrogen and oxygen atoms in total. The first-order valence-corrected chi connectivity index (χ1v) is 15.1. The first-order valence-electron chi connectivity index (χ1n) is 13.6. The van der Waals surface area contributed by atoms with Gasteiger partial charge in [-0.1, -0.05) is 71.7 Å². The van der Waals surface area contributed by atoms with E-state index < -0.39 is 5.97 Å². The number of halogens is 2. The fourth-order valence-corrected chi connectivity index (χ4v) is 4.54. The average Bonchev–Trinajstić information content (AvgIpc) is 3.08. The SMILES string of the molecule is NOOSc1ccccc1NC(=O)c1cccc(OCc2ccc(Cl)cc2)c1.O=C(O)c1cccc(OCc2ccc(Cl)cc2)c1. The molecule has 0 bridgehead atoms. The normalized spacial score (nSPS) is 10.3. The first kappa shape index (κ1) is 34.3. The van der Waals surface area contributed by atoms with Gasteiger partial charge in [0.1, 0.15) is 24.7 Å². The lowest BCUT2D eigenvalue weighted by atomic mass is 10.2. The summed E-state index contributed by atoms with van der Waals surface area (Å²) in [4.78, 5) is 28.2. The van der Waals surface area contributed by atoms with Crippen molar-refractivity contribution in [1.82, 2.24) is 0 Å². The Morgan fingerprint density at radius 1 is 0.696 bits per heavy atom. The van der Waals surface area contributed by atoms with Crippen LogP contribution in [0.3, 0.4) is 0 Å². The molecule has 0 spiro atoms. The van der Waals surface area contributed by atoms with Gasteiger partial charge in [0.05, 0.1) is 28.2 Å². The number of amides is 1. The Hall–Kier alpha value is -4.55. The largest absolute Gasteiger partial charge is 0.489 e. The topological polar surface area (TPSA) is 129 Å². The molecule has 0 aromatic heterocycles. The van der Waals surface area contributed by atoms with Gasteiger partial charge in [-0.3, -0.25) is 4.79 Å². The molecule has 0 saturated carbocycles. The third-order valence-electron chi connectivity index (χ3n) is 6.11. The van der Waals surface area contributed by atoms with E-state index in [1.54, 1.807) is 78.9 Å². The van der Waals surface area contributed by atoms with E-state index in [2.05, 4.69) is 14.6 Å². The van der Waals surface area contributed by atoms with Crippen LogP contribution in [0.4, 0.5) is 5.69 Å². The number of hydrogen-bond acceptors (Lipinski definition) is 8. The number of ether oxygens (including phenoxy) is 2. The molecule has 5 aromatic rings. The molecule has 1 amide bonds. The molecule has 0 heterocycles. The van der Waals surface area contributed by atoms with Gasteiger partial charge in [-0.05, 0) is 83.9 Å². The van der Waals surface area contributed by atoms with Crippen LogP contribution in [0, 0.1) is 0 Å². The van der Waals surface area contributed by atoms with Crippen molar-refractivity contribution in [2.75, 3.05) is 5.32 Å². The molecule has 0 atom stereocenters. The lowest BCUT2D eigenvalue weighted by molar-refractivity contribution is -0.195. The molecule has 12 heteroatoms. The van der Waals surface area contributed by atoms with Crippen molar-refractivity contribution in [3.8, 4) is 11.5 Å². The minimum Gasteiger partial charge on any atom is -0.489 e. The van der Waals surface area contributed by atoms with E-state index in [0.29, 0.717) is 50.9 Å². The van der Waals surface area contributed by atoms with Gasteiger partial charge in [0, 0.05) is 15.6 Å². The monoisotopic (exact) mass is 678 g/mol. The average molecular weight is 680 g/mol. The summed E-state index contributed by atoms with van der Waals surface area (Å²) in [5.74, 6) is 4.74. The highest BCUT2D eigenvalue weighted by molar-refractivity contribution is 7.94. The Bertz CT molecular complexity index is 1740. The van der Waals surface area contributed by atoms with E-state index in [1.165, 1.54) is 12.1 Å². The predicted molar refractivity (Wildman–Crippen MR) is 178 cm³/mol. The van der Waals surface area contributed by atoms with Gasteiger partial charge in [-0.15, -0.1) is 9.32 Å². The molecule has 0 aliphatic rings. The second-order valence-corrected chi connectivity index (χ2v) is 11.0. The van der Waals surface area contributed by atoms with Crippen molar-refractivity contribution >= 4 is 52.8 Å². The first-order chi connectivity index (χ1) is 22.3. The summed E-state index contributed by atoms with van der Waals surface area (Å²) in [6.45, 7) is 0.748. The summed E-state index contributed by atoms with van der Waals surface area (Å²) in [6, 6.07) is 35.2. The second-order valence-electron chi connectivity index (χ2n) is 9.39. The van der Waals surface area contributed by atoms with Crippen LogP contribution in [-0.4, -0.2) is 17.0 Å². The van der Waals surface area contributed by atoms with Gasteiger partial charge in [-0.2, -0.15) is 5.90 Å². The smallest absolute Gasteiger partial charge is 0.335 e. The van der Waals surface area contributed by atoms with Crippen LogP contribution in [0.2, 0.25) is 10.0 Å². The van der Waals surface area contributed by atoms with E-state index in [-0.39, 0.29) is 11.5 Å². The number of nitrogens with two attached hydrogens (primary N) is 1. The van der Waals surface area contributed by atoms with Crippen LogP contribution in [0.25, 0.3) is 0 Å². The molecule has 0 aliphatic carbocycles. The summed E-state index contributed by atoms with van der Waals surface area (Å²) >= 11 is 12.6. The number of carboxylic acid groups (broad SMARTS) is 1. The fraction of sp³-hybridized carbons (Fsp3) is 0.0588. The number of aromatic carboxylic acids is 1. The molecule has 5 aromatic carbocycles. The minimum atomic E-state index is -0.966. The maximum atomic E-state index is 12.6. The standard InChI is InChI=1S/C20H17ClN2O4S.C14H11ClO3/c21-16-10-8-14(9-11-16)13-25-17-5-3-4-15(12-17)20(24)23-18-6-1-2-7-19(18)28-27-26-22;15-12-6-4-10(5-7-12)9-18-13-3-1-2-11(8-13)14(16)17/h1-12H,13,22H2,(H,23,24);1-8H,9H2,(H,16,17). The maximum Gasteiger partial charge on any atom is 0.335 e. The highest BCUT2D eigenvalue weighted by Crippen LogP contribution is 2.28. The van der Waals surface area contributed by atoms with Gasteiger partial charge in [0.25, 0.3) is 5.91 Å². The van der Waals surface area contributed by atoms with Crippen molar-refractivity contribution in [2.24, 2.45) is 5.90 Å². The van der Waals surface area contributed by atoms with E-state index in [9.17, 15) is 9.59 Å². The van der Waals surface area contributed by atoms with Crippen molar-refractivity contribution in [3.05, 3.63) is 154 Å². The molecular formula is C34H28Cl2N2O7S. The van der Waals surface area contributed by atoms with Crippen LogP contribution in [-0.2, 0) is 22.5 Å². The van der Waals surface area contributed by atoms with Crippen LogP contribution < -0.4 is 20.7 Å². The molecule has 0 aliphatic heterocycles. The van der Waals surface area contributed by atoms with E-state index in [1.807, 2.05) is 30.3 Å². The van der Waals surface area contributed by atoms with Crippen molar-refractivity contribution in [1.29, 1.82) is 0 Å². The number of anilines is 1. The number of carbonyl (C=O) groups is 2. The molecule has 236 valence electrons. The van der Waals surface area contributed by atoms with Crippen molar-refractivity contribution < 1.29 is 33.5 Å². The zero-order valence-electron chi connectivity index (χ0n) is 24.1. The molecule has 0 unspecified atom stereocenters. The van der Waals surface area contributed by atoms with Crippen molar-refractivity contribution in [2.45, 2.75) is 18.1 Å². The van der Waals surface area contributed by atoms with E-state index in [0.717, 1.165) is 23.2 Å². The molecule has 0 saturated heterocycles. The van der Waals surface area contributed by atoms with E-state index in [4.69, 9.17) is 43.7 Å². The summed E-state index contributed by atoms with van der Waals surface area (Å²) < 4.78 is 16.0. The number of para-hydroxylation sites is 1. The van der Waals surface area contributed by atoms with Gasteiger partial charge < -0.3 is 19.9 Å². The number of hydrogen-bond donors (Lipinski definition) is 3. The number of benzene rings is 5. The Balaban J connectivity index is 0.000000230. The molecular weight excluding hydrogens is 651 g/mol. The maximum absolute atomic E-state index is 12.6. The zero-order chi connectivity index (χ0) is 32.7. The fourth-order valence-electron chi connectivity index (χ4n) is 3.83. The zero-order valence-corrected chi connectivity index (χ0v) is 26.4. The lowest BCUT2D eigenvalue weighted by Crippen LogP contribution is -2.12. The number of nitrogens with one attached hydrogen (secondary N) is 1. The predicted octanol–water partition coefficient (Wildman–Crippen LogP) is 8.62. The Labute approximate surface area is 279 Å². The molecule has 4 N–H and O–H groups in total. The van der Waals surface area contributed by atoms with Gasteiger partial charge in [0.15, 0.2) is 0 Å². The molecule has 5 rings (SSSR count). The van der Waals surface area contributed by atoms with Crippen molar-refractivity contribution in [3.63, 3.8) is 0 Å². The Kier molecular flexibility index (Phi) is 13.3. The molecule has 0 radical (unpaired) electrons. The number of carboxylic acids is 1. The van der Waals surface area contributed by atoms with Crippen LogP contribution in [0.15, 0.2) is 126 Å².